The van der Waals surface area contributed by atoms with E-state index in [1.165, 1.54) is 6.40 Å². The number of ether oxygens (including phenoxy) is 1. The van der Waals surface area contributed by atoms with Crippen molar-refractivity contribution in [3.8, 4) is 0 Å². The first-order valence-electron chi connectivity index (χ1n) is 6.13. The van der Waals surface area contributed by atoms with Gasteiger partial charge in [0.2, 0.25) is 0 Å². The van der Waals surface area contributed by atoms with Gasteiger partial charge in [-0.1, -0.05) is 20.8 Å². The maximum Gasteiger partial charge on any atom is 0.252 e. The van der Waals surface area contributed by atoms with E-state index in [1.54, 1.807) is 0 Å². The molecule has 0 heterocycles. The molecule has 0 aromatic heterocycles. The van der Waals surface area contributed by atoms with E-state index in [9.17, 15) is 0 Å². The highest BCUT2D eigenvalue weighted by Gasteiger charge is 2.39. The minimum absolute atomic E-state index is 0.143. The highest BCUT2D eigenvalue weighted by molar-refractivity contribution is 6.74. The number of hydrogen-bond donors (Lipinski definition) is 0. The van der Waals surface area contributed by atoms with Crippen molar-refractivity contribution in [2.45, 2.75) is 65.8 Å². The average molecular weight is 257 g/mol. The largest absolute Gasteiger partial charge is 0.531 e. The zero-order valence-corrected chi connectivity index (χ0v) is 13.5. The summed E-state index contributed by atoms with van der Waals surface area (Å²) in [6, 6.07) is 0. The predicted molar refractivity (Wildman–Crippen MR) is 76.8 cm³/mol. The fourth-order valence-electron chi connectivity index (χ4n) is 0.778. The van der Waals surface area contributed by atoms with Crippen molar-refractivity contribution < 1.29 is 9.16 Å². The van der Waals surface area contributed by atoms with Gasteiger partial charge < -0.3 is 9.16 Å². The van der Waals surface area contributed by atoms with Gasteiger partial charge in [0.05, 0.1) is 6.10 Å². The van der Waals surface area contributed by atoms with Crippen molar-refractivity contribution >= 4 is 14.7 Å². The summed E-state index contributed by atoms with van der Waals surface area (Å²) < 4.78 is 11.3. The predicted octanol–water partition coefficient (Wildman–Crippen LogP) is 4.32. The monoisotopic (exact) mass is 257 g/mol. The van der Waals surface area contributed by atoms with Crippen molar-refractivity contribution in [3.05, 3.63) is 12.0 Å². The van der Waals surface area contributed by atoms with Gasteiger partial charge in [0, 0.05) is 0 Å². The second kappa shape index (κ2) is 6.24. The van der Waals surface area contributed by atoms with E-state index in [-0.39, 0.29) is 11.1 Å². The first kappa shape index (κ1) is 16.2. The van der Waals surface area contributed by atoms with Gasteiger partial charge in [0.25, 0.3) is 8.32 Å². The van der Waals surface area contributed by atoms with E-state index in [0.717, 1.165) is 0 Å². The molecule has 0 atom stereocenters. The van der Waals surface area contributed by atoms with Crippen LogP contribution in [0.2, 0.25) is 18.1 Å². The summed E-state index contributed by atoms with van der Waals surface area (Å²) >= 11 is 0. The van der Waals surface area contributed by atoms with Crippen molar-refractivity contribution in [3.63, 3.8) is 0 Å². The maximum absolute atomic E-state index is 6.06. The third-order valence-electron chi connectivity index (χ3n) is 2.93. The molecule has 0 aliphatic rings. The summed E-state index contributed by atoms with van der Waals surface area (Å²) in [6.45, 7) is 16.9. The Balaban J connectivity index is 4.58. The third-order valence-corrected chi connectivity index (χ3v) is 7.26. The molecule has 0 aromatic rings. The lowest BCUT2D eigenvalue weighted by Crippen LogP contribution is -2.40. The van der Waals surface area contributed by atoms with Gasteiger partial charge in [-0.2, -0.15) is 4.99 Å². The fourth-order valence-corrected chi connectivity index (χ4v) is 1.78. The second-order valence-electron chi connectivity index (χ2n) is 5.91. The van der Waals surface area contributed by atoms with E-state index >= 15 is 0 Å². The van der Waals surface area contributed by atoms with Crippen LogP contribution in [0.3, 0.4) is 0 Å². The minimum atomic E-state index is -1.80. The van der Waals surface area contributed by atoms with E-state index in [1.807, 2.05) is 26.8 Å². The molecule has 0 bridgehead atoms. The zero-order chi connectivity index (χ0) is 13.7. The molecule has 0 N–H and O–H groups in total. The Morgan fingerprint density at radius 3 is 2.12 bits per heavy atom. The van der Waals surface area contributed by atoms with Crippen LogP contribution in [0.5, 0.6) is 0 Å². The lowest BCUT2D eigenvalue weighted by molar-refractivity contribution is 0.239. The van der Waals surface area contributed by atoms with E-state index < -0.39 is 8.32 Å². The molecule has 0 aliphatic carbocycles. The molecule has 17 heavy (non-hydrogen) atoms. The van der Waals surface area contributed by atoms with Gasteiger partial charge in [0.1, 0.15) is 0 Å². The number of hydrogen-bond acceptors (Lipinski definition) is 3. The Bertz CT molecular complexity index is 288. The highest BCUT2D eigenvalue weighted by atomic mass is 28.4. The second-order valence-corrected chi connectivity index (χ2v) is 10.6. The SMILES string of the molecule is C/C=C(/N=C\OC(C)C)O[Si](C)(C)C(C)(C)C. The normalized spacial score (nSPS) is 14.5. The topological polar surface area (TPSA) is 30.8 Å². The molecule has 0 amide bonds. The van der Waals surface area contributed by atoms with Gasteiger partial charge >= 0.3 is 0 Å². The first-order chi connectivity index (χ1) is 7.60. The van der Waals surface area contributed by atoms with E-state index in [2.05, 4.69) is 38.9 Å². The Kier molecular flexibility index (Phi) is 5.95. The molecule has 3 nitrogen and oxygen atoms in total. The van der Waals surface area contributed by atoms with Crippen LogP contribution in [-0.2, 0) is 9.16 Å². The molecule has 0 fully saturated rings. The van der Waals surface area contributed by atoms with Gasteiger partial charge in [-0.3, -0.25) is 0 Å². The fraction of sp³-hybridized carbons (Fsp3) is 0.769. The Morgan fingerprint density at radius 1 is 1.24 bits per heavy atom. The van der Waals surface area contributed by atoms with Crippen LogP contribution < -0.4 is 0 Å². The van der Waals surface area contributed by atoms with Crippen LogP contribution in [0.4, 0.5) is 0 Å². The minimum Gasteiger partial charge on any atom is -0.531 e. The molecule has 0 aromatic carbocycles. The van der Waals surface area contributed by atoms with Crippen LogP contribution in [0, 0.1) is 0 Å². The van der Waals surface area contributed by atoms with Crippen molar-refractivity contribution in [2.75, 3.05) is 0 Å². The van der Waals surface area contributed by atoms with Gasteiger partial charge in [-0.05, 0) is 45.0 Å². The summed E-state index contributed by atoms with van der Waals surface area (Å²) in [5, 5.41) is 0.176. The summed E-state index contributed by atoms with van der Waals surface area (Å²) in [6.07, 6.45) is 3.48. The average Bonchev–Trinajstić information content (AvgIpc) is 2.13. The van der Waals surface area contributed by atoms with Crippen LogP contribution in [0.25, 0.3) is 0 Å². The number of aliphatic imine (C=N–C) groups is 1. The third kappa shape index (κ3) is 5.91. The number of rotatable bonds is 5. The molecular formula is C13H27NO2Si. The summed E-state index contributed by atoms with van der Waals surface area (Å²) in [5.74, 6) is 0.650. The van der Waals surface area contributed by atoms with Crippen molar-refractivity contribution in [1.29, 1.82) is 0 Å². The summed E-state index contributed by atoms with van der Waals surface area (Å²) in [7, 11) is -1.80. The van der Waals surface area contributed by atoms with Gasteiger partial charge in [-0.25, -0.2) is 0 Å². The number of nitrogens with zero attached hydrogens (tertiary/aromatic N) is 1. The molecule has 0 radical (unpaired) electrons. The lowest BCUT2D eigenvalue weighted by Gasteiger charge is -2.36. The lowest BCUT2D eigenvalue weighted by atomic mass is 10.2. The summed E-state index contributed by atoms with van der Waals surface area (Å²) in [5.41, 5.74) is 0. The van der Waals surface area contributed by atoms with Crippen LogP contribution in [-0.4, -0.2) is 20.8 Å². The molecule has 0 unspecified atom stereocenters. The smallest absolute Gasteiger partial charge is 0.252 e. The molecule has 100 valence electrons. The van der Waals surface area contributed by atoms with Gasteiger partial charge in [-0.15, -0.1) is 0 Å². The Morgan fingerprint density at radius 2 is 1.76 bits per heavy atom. The molecular weight excluding hydrogens is 230 g/mol. The van der Waals surface area contributed by atoms with Gasteiger partial charge in [0.15, 0.2) is 12.3 Å². The van der Waals surface area contributed by atoms with Crippen LogP contribution >= 0.6 is 0 Å². The van der Waals surface area contributed by atoms with Crippen molar-refractivity contribution in [2.24, 2.45) is 4.99 Å². The highest BCUT2D eigenvalue weighted by Crippen LogP contribution is 2.37. The molecule has 4 heteroatoms. The molecule has 0 rings (SSSR count). The van der Waals surface area contributed by atoms with Crippen LogP contribution in [0.1, 0.15) is 41.5 Å². The Hall–Kier alpha value is -0.773. The molecule has 0 aliphatic heterocycles. The molecule has 0 saturated carbocycles. The van der Waals surface area contributed by atoms with E-state index in [0.29, 0.717) is 5.88 Å². The maximum atomic E-state index is 6.06. The summed E-state index contributed by atoms with van der Waals surface area (Å²) in [4.78, 5) is 4.21. The van der Waals surface area contributed by atoms with E-state index in [4.69, 9.17) is 9.16 Å². The Labute approximate surface area is 107 Å². The standard InChI is InChI=1S/C13H27NO2Si/c1-9-12(14-10-15-11(2)3)16-17(7,8)13(4,5)6/h9-11H,1-8H3/b12-9-,14-10-. The molecule has 0 spiro atoms. The molecule has 0 saturated heterocycles. The van der Waals surface area contributed by atoms with Crippen molar-refractivity contribution in [1.82, 2.24) is 0 Å². The zero-order valence-electron chi connectivity index (χ0n) is 12.5. The first-order valence-corrected chi connectivity index (χ1v) is 9.04. The number of allylic oxidation sites excluding steroid dienone is 1. The quantitative estimate of drug-likeness (QED) is 0.318. The van der Waals surface area contributed by atoms with Crippen LogP contribution in [0.15, 0.2) is 17.0 Å².